The zero-order chi connectivity index (χ0) is 14.2. The van der Waals surface area contributed by atoms with Gasteiger partial charge in [-0.2, -0.15) is 0 Å². The van der Waals surface area contributed by atoms with Gasteiger partial charge in [0.25, 0.3) is 0 Å². The Kier molecular flexibility index (Phi) is 3.38. The molecule has 19 heavy (non-hydrogen) atoms. The number of carbonyl (C=O) groups excluding carboxylic acids is 2. The molecule has 0 spiro atoms. The van der Waals surface area contributed by atoms with Gasteiger partial charge in [-0.1, -0.05) is 6.92 Å². The number of ketones is 1. The second kappa shape index (κ2) is 4.84. The molecule has 0 aromatic heterocycles. The third kappa shape index (κ3) is 2.01. The van der Waals surface area contributed by atoms with Crippen LogP contribution in [0.2, 0.25) is 0 Å². The van der Waals surface area contributed by atoms with Crippen molar-refractivity contribution in [3.8, 4) is 0 Å². The smallest absolute Gasteiger partial charge is 0.320 e. The molecule has 0 bridgehead atoms. The first-order chi connectivity index (χ1) is 9.01. The highest BCUT2D eigenvalue weighted by Gasteiger charge is 2.41. The first-order valence-electron chi connectivity index (χ1n) is 6.22. The highest BCUT2D eigenvalue weighted by Crippen LogP contribution is 2.38. The van der Waals surface area contributed by atoms with Crippen LogP contribution in [0.1, 0.15) is 42.1 Å². The molecule has 1 N–H and O–H groups in total. The van der Waals surface area contributed by atoms with Gasteiger partial charge in [0.15, 0.2) is 11.7 Å². The standard InChI is InChI=1S/C14H15NO4/c1-3-11(16)8-5-6-10-9(7-8)12(14(18)19)13(17)15(10)4-2/h5-7,12H,3-4H2,1-2H3,(H,18,19). The number of likely N-dealkylation sites (N-methyl/N-ethyl adjacent to an activating group) is 1. The summed E-state index contributed by atoms with van der Waals surface area (Å²) in [5, 5.41) is 9.20. The van der Waals surface area contributed by atoms with Crippen LogP contribution in [0.5, 0.6) is 0 Å². The Bertz CT molecular complexity index is 565. The number of amides is 1. The number of Topliss-reactive ketones (excluding diaryl/α,β-unsaturated/α-hetero) is 1. The van der Waals surface area contributed by atoms with Crippen molar-refractivity contribution in [2.45, 2.75) is 26.2 Å². The average molecular weight is 261 g/mol. The summed E-state index contributed by atoms with van der Waals surface area (Å²) < 4.78 is 0. The molecule has 1 heterocycles. The van der Waals surface area contributed by atoms with Crippen LogP contribution in [-0.2, 0) is 9.59 Å². The zero-order valence-corrected chi connectivity index (χ0v) is 10.8. The number of benzene rings is 1. The van der Waals surface area contributed by atoms with E-state index < -0.39 is 17.8 Å². The van der Waals surface area contributed by atoms with Crippen LogP contribution in [0.25, 0.3) is 0 Å². The van der Waals surface area contributed by atoms with Gasteiger partial charge < -0.3 is 10.0 Å². The second-order valence-electron chi connectivity index (χ2n) is 4.40. The number of aliphatic carboxylic acids is 1. The molecule has 1 aromatic carbocycles. The number of carboxylic acids is 1. The maximum atomic E-state index is 12.0. The van der Waals surface area contributed by atoms with E-state index in [1.54, 1.807) is 26.0 Å². The van der Waals surface area contributed by atoms with Gasteiger partial charge in [-0.15, -0.1) is 0 Å². The average Bonchev–Trinajstić information content (AvgIpc) is 2.68. The molecule has 0 aliphatic carbocycles. The molecule has 1 amide bonds. The lowest BCUT2D eigenvalue weighted by molar-refractivity contribution is -0.142. The maximum Gasteiger partial charge on any atom is 0.320 e. The lowest BCUT2D eigenvalue weighted by Crippen LogP contribution is -2.31. The molecule has 2 rings (SSSR count). The van der Waals surface area contributed by atoms with E-state index in [9.17, 15) is 19.5 Å². The van der Waals surface area contributed by atoms with E-state index in [1.165, 1.54) is 11.0 Å². The van der Waals surface area contributed by atoms with E-state index in [1.807, 2.05) is 0 Å². The number of nitrogens with zero attached hydrogens (tertiary/aromatic N) is 1. The van der Waals surface area contributed by atoms with Crippen LogP contribution < -0.4 is 4.90 Å². The van der Waals surface area contributed by atoms with Gasteiger partial charge in [-0.25, -0.2) is 0 Å². The normalized spacial score (nSPS) is 17.5. The first kappa shape index (κ1) is 13.3. The van der Waals surface area contributed by atoms with Gasteiger partial charge in [0.2, 0.25) is 5.91 Å². The van der Waals surface area contributed by atoms with Crippen LogP contribution >= 0.6 is 0 Å². The van der Waals surface area contributed by atoms with E-state index in [0.29, 0.717) is 29.8 Å². The predicted molar refractivity (Wildman–Crippen MR) is 69.5 cm³/mol. The van der Waals surface area contributed by atoms with Gasteiger partial charge in [-0.3, -0.25) is 14.4 Å². The Hall–Kier alpha value is -2.17. The minimum absolute atomic E-state index is 0.0608. The summed E-state index contributed by atoms with van der Waals surface area (Å²) in [7, 11) is 0. The molecule has 1 aliphatic rings. The van der Waals surface area contributed by atoms with Crippen molar-refractivity contribution in [2.24, 2.45) is 0 Å². The fourth-order valence-electron chi connectivity index (χ4n) is 2.38. The van der Waals surface area contributed by atoms with Crippen molar-refractivity contribution < 1.29 is 19.5 Å². The van der Waals surface area contributed by atoms with Gasteiger partial charge in [0, 0.05) is 29.8 Å². The fourth-order valence-corrected chi connectivity index (χ4v) is 2.38. The van der Waals surface area contributed by atoms with E-state index in [2.05, 4.69) is 0 Å². The Balaban J connectivity index is 2.56. The highest BCUT2D eigenvalue weighted by molar-refractivity contribution is 6.16. The molecule has 1 aliphatic heterocycles. The van der Waals surface area contributed by atoms with E-state index in [-0.39, 0.29) is 5.78 Å². The molecule has 0 fully saturated rings. The zero-order valence-electron chi connectivity index (χ0n) is 10.8. The third-order valence-corrected chi connectivity index (χ3v) is 3.35. The van der Waals surface area contributed by atoms with Crippen molar-refractivity contribution in [3.05, 3.63) is 29.3 Å². The molecule has 5 nitrogen and oxygen atoms in total. The summed E-state index contributed by atoms with van der Waals surface area (Å²) in [6.45, 7) is 3.95. The quantitative estimate of drug-likeness (QED) is 0.662. The lowest BCUT2D eigenvalue weighted by atomic mass is 9.97. The molecule has 0 saturated heterocycles. The number of rotatable bonds is 4. The Labute approximate surface area is 110 Å². The van der Waals surface area contributed by atoms with E-state index in [0.717, 1.165) is 0 Å². The van der Waals surface area contributed by atoms with Crippen molar-refractivity contribution in [3.63, 3.8) is 0 Å². The molecule has 5 heteroatoms. The van der Waals surface area contributed by atoms with Crippen LogP contribution in [-0.4, -0.2) is 29.3 Å². The van der Waals surface area contributed by atoms with Gasteiger partial charge in [0.05, 0.1) is 0 Å². The summed E-state index contributed by atoms with van der Waals surface area (Å²) in [6.07, 6.45) is 0.349. The molecule has 1 aromatic rings. The van der Waals surface area contributed by atoms with Crippen LogP contribution in [0.3, 0.4) is 0 Å². The molecule has 100 valence electrons. The third-order valence-electron chi connectivity index (χ3n) is 3.35. The summed E-state index contributed by atoms with van der Waals surface area (Å²) in [5.41, 5.74) is 1.46. The van der Waals surface area contributed by atoms with E-state index >= 15 is 0 Å². The SMILES string of the molecule is CCC(=O)c1ccc2c(c1)C(C(=O)O)C(=O)N2CC. The van der Waals surface area contributed by atoms with Crippen molar-refractivity contribution in [2.75, 3.05) is 11.4 Å². The molecule has 0 radical (unpaired) electrons. The number of anilines is 1. The molecule has 1 unspecified atom stereocenters. The number of hydrogen-bond donors (Lipinski definition) is 1. The van der Waals surface area contributed by atoms with Crippen molar-refractivity contribution in [1.29, 1.82) is 0 Å². The second-order valence-corrected chi connectivity index (χ2v) is 4.40. The minimum atomic E-state index is -1.19. The summed E-state index contributed by atoms with van der Waals surface area (Å²) in [6, 6.07) is 4.83. The summed E-state index contributed by atoms with van der Waals surface area (Å²) in [5.74, 6) is -2.87. The fraction of sp³-hybridized carbons (Fsp3) is 0.357. The van der Waals surface area contributed by atoms with Crippen LogP contribution in [0, 0.1) is 0 Å². The van der Waals surface area contributed by atoms with Crippen LogP contribution in [0.15, 0.2) is 18.2 Å². The van der Waals surface area contributed by atoms with Crippen molar-refractivity contribution in [1.82, 2.24) is 0 Å². The maximum absolute atomic E-state index is 12.0. The Morgan fingerprint density at radius 1 is 1.32 bits per heavy atom. The van der Waals surface area contributed by atoms with Gasteiger partial charge in [0.1, 0.15) is 0 Å². The van der Waals surface area contributed by atoms with Crippen LogP contribution in [0.4, 0.5) is 5.69 Å². The highest BCUT2D eigenvalue weighted by atomic mass is 16.4. The largest absolute Gasteiger partial charge is 0.480 e. The monoisotopic (exact) mass is 261 g/mol. The summed E-state index contributed by atoms with van der Waals surface area (Å²) in [4.78, 5) is 36.4. The Morgan fingerprint density at radius 2 is 2.00 bits per heavy atom. The van der Waals surface area contributed by atoms with Gasteiger partial charge >= 0.3 is 5.97 Å². The topological polar surface area (TPSA) is 74.7 Å². The van der Waals surface area contributed by atoms with E-state index in [4.69, 9.17) is 0 Å². The number of carbonyl (C=O) groups is 3. The molecule has 1 atom stereocenters. The predicted octanol–water partition coefficient (Wildman–Crippen LogP) is 1.81. The molecular formula is C14H15NO4. The first-order valence-corrected chi connectivity index (χ1v) is 6.22. The number of carboxylic acid groups (broad SMARTS) is 1. The van der Waals surface area contributed by atoms with Gasteiger partial charge in [-0.05, 0) is 25.1 Å². The number of hydrogen-bond acceptors (Lipinski definition) is 3. The van der Waals surface area contributed by atoms with Crippen molar-refractivity contribution >= 4 is 23.3 Å². The number of fused-ring (bicyclic) bond motifs is 1. The molecular weight excluding hydrogens is 246 g/mol. The summed E-state index contributed by atoms with van der Waals surface area (Å²) >= 11 is 0. The molecule has 0 saturated carbocycles. The lowest BCUT2D eigenvalue weighted by Gasteiger charge is -2.14. The Morgan fingerprint density at radius 3 is 2.53 bits per heavy atom. The minimum Gasteiger partial charge on any atom is -0.480 e.